The lowest BCUT2D eigenvalue weighted by Crippen LogP contribution is -2.38. The van der Waals surface area contributed by atoms with Gasteiger partial charge in [0.2, 0.25) is 0 Å². The lowest BCUT2D eigenvalue weighted by Gasteiger charge is -2.31. The van der Waals surface area contributed by atoms with E-state index < -0.39 is 0 Å². The van der Waals surface area contributed by atoms with E-state index >= 15 is 0 Å². The quantitative estimate of drug-likeness (QED) is 0.622. The van der Waals surface area contributed by atoms with E-state index in [0.717, 1.165) is 18.0 Å². The molecule has 1 rings (SSSR count). The first-order chi connectivity index (χ1) is 8.00. The van der Waals surface area contributed by atoms with Crippen molar-refractivity contribution in [2.75, 3.05) is 13.1 Å². The molecule has 1 fully saturated rings. The Bertz CT molecular complexity index is 197. The molecule has 0 spiro atoms. The standard InChI is InChI=1S/C15H32N2/c1-12(2)11-17(15-8-9-15)14(5)7-6-10-16-13(3)4/h12-16H,6-11H2,1-5H3. The third-order valence-electron chi connectivity index (χ3n) is 3.51. The second-order valence-corrected chi connectivity index (χ2v) is 6.42. The largest absolute Gasteiger partial charge is 0.315 e. The molecule has 1 aliphatic carbocycles. The van der Waals surface area contributed by atoms with Crippen molar-refractivity contribution in [2.45, 2.75) is 78.4 Å². The van der Waals surface area contributed by atoms with Gasteiger partial charge in [-0.05, 0) is 45.1 Å². The minimum atomic E-state index is 0.625. The molecule has 0 bridgehead atoms. The molecule has 0 aromatic heterocycles. The number of rotatable bonds is 9. The molecule has 1 aliphatic rings. The predicted molar refractivity (Wildman–Crippen MR) is 76.4 cm³/mol. The molecule has 1 atom stereocenters. The molecule has 1 unspecified atom stereocenters. The summed E-state index contributed by atoms with van der Waals surface area (Å²) in [6.07, 6.45) is 5.51. The average molecular weight is 240 g/mol. The maximum Gasteiger partial charge on any atom is 0.00993 e. The van der Waals surface area contributed by atoms with Crippen LogP contribution in [0.2, 0.25) is 0 Å². The molecule has 0 amide bonds. The summed E-state index contributed by atoms with van der Waals surface area (Å²) in [5.74, 6) is 0.798. The van der Waals surface area contributed by atoms with E-state index in [-0.39, 0.29) is 0 Å². The number of nitrogens with zero attached hydrogens (tertiary/aromatic N) is 1. The normalized spacial score (nSPS) is 18.4. The minimum absolute atomic E-state index is 0.625. The van der Waals surface area contributed by atoms with Gasteiger partial charge in [-0.25, -0.2) is 0 Å². The molecule has 2 heteroatoms. The fourth-order valence-electron chi connectivity index (χ4n) is 2.47. The van der Waals surface area contributed by atoms with Crippen LogP contribution in [0.15, 0.2) is 0 Å². The van der Waals surface area contributed by atoms with E-state index in [1.54, 1.807) is 0 Å². The number of hydrogen-bond acceptors (Lipinski definition) is 2. The van der Waals surface area contributed by atoms with Gasteiger partial charge in [0.25, 0.3) is 0 Å². The van der Waals surface area contributed by atoms with Gasteiger partial charge in [-0.2, -0.15) is 0 Å². The van der Waals surface area contributed by atoms with Crippen LogP contribution in [0.1, 0.15) is 60.3 Å². The van der Waals surface area contributed by atoms with E-state index in [1.165, 1.54) is 38.8 Å². The average Bonchev–Trinajstić information content (AvgIpc) is 3.03. The van der Waals surface area contributed by atoms with Crippen LogP contribution in [-0.2, 0) is 0 Å². The number of hydrogen-bond donors (Lipinski definition) is 1. The second-order valence-electron chi connectivity index (χ2n) is 6.42. The molecule has 17 heavy (non-hydrogen) atoms. The van der Waals surface area contributed by atoms with Gasteiger partial charge < -0.3 is 5.32 Å². The van der Waals surface area contributed by atoms with Gasteiger partial charge in [0.1, 0.15) is 0 Å². The maximum atomic E-state index is 3.51. The Balaban J connectivity index is 2.20. The van der Waals surface area contributed by atoms with Crippen molar-refractivity contribution in [1.82, 2.24) is 10.2 Å². The van der Waals surface area contributed by atoms with Crippen molar-refractivity contribution in [1.29, 1.82) is 0 Å². The minimum Gasteiger partial charge on any atom is -0.315 e. The summed E-state index contributed by atoms with van der Waals surface area (Å²) >= 11 is 0. The van der Waals surface area contributed by atoms with E-state index in [0.29, 0.717) is 6.04 Å². The van der Waals surface area contributed by atoms with Crippen LogP contribution in [0.5, 0.6) is 0 Å². The van der Waals surface area contributed by atoms with Crippen LogP contribution in [0.4, 0.5) is 0 Å². The first kappa shape index (κ1) is 15.0. The SMILES string of the molecule is CC(C)CN(C(C)CCCNC(C)C)C1CC1. The molecule has 102 valence electrons. The Morgan fingerprint density at radius 2 is 1.76 bits per heavy atom. The molecular formula is C15H32N2. The highest BCUT2D eigenvalue weighted by atomic mass is 15.2. The van der Waals surface area contributed by atoms with Crippen LogP contribution in [0.25, 0.3) is 0 Å². The third-order valence-corrected chi connectivity index (χ3v) is 3.51. The van der Waals surface area contributed by atoms with Gasteiger partial charge in [-0.15, -0.1) is 0 Å². The van der Waals surface area contributed by atoms with Crippen molar-refractivity contribution in [2.24, 2.45) is 5.92 Å². The third kappa shape index (κ3) is 6.42. The summed E-state index contributed by atoms with van der Waals surface area (Å²) in [5.41, 5.74) is 0. The zero-order valence-corrected chi connectivity index (χ0v) is 12.5. The van der Waals surface area contributed by atoms with Crippen LogP contribution in [0, 0.1) is 5.92 Å². The zero-order valence-electron chi connectivity index (χ0n) is 12.5. The van der Waals surface area contributed by atoms with Crippen LogP contribution >= 0.6 is 0 Å². The fraction of sp³-hybridized carbons (Fsp3) is 1.00. The highest BCUT2D eigenvalue weighted by Gasteiger charge is 2.31. The molecule has 0 aromatic rings. The van der Waals surface area contributed by atoms with Gasteiger partial charge in [0.05, 0.1) is 0 Å². The van der Waals surface area contributed by atoms with Gasteiger partial charge in [0.15, 0.2) is 0 Å². The van der Waals surface area contributed by atoms with E-state index in [2.05, 4.69) is 44.8 Å². The molecule has 0 saturated heterocycles. The second kappa shape index (κ2) is 7.38. The van der Waals surface area contributed by atoms with Crippen LogP contribution < -0.4 is 5.32 Å². The first-order valence-electron chi connectivity index (χ1n) is 7.49. The van der Waals surface area contributed by atoms with Crippen LogP contribution in [0.3, 0.4) is 0 Å². The summed E-state index contributed by atoms with van der Waals surface area (Å²) in [7, 11) is 0. The summed E-state index contributed by atoms with van der Waals surface area (Å²) in [6, 6.07) is 2.30. The Morgan fingerprint density at radius 3 is 2.24 bits per heavy atom. The van der Waals surface area contributed by atoms with Crippen molar-refractivity contribution in [3.05, 3.63) is 0 Å². The van der Waals surface area contributed by atoms with Gasteiger partial charge in [-0.3, -0.25) is 4.90 Å². The van der Waals surface area contributed by atoms with Crippen molar-refractivity contribution in [3.8, 4) is 0 Å². The monoisotopic (exact) mass is 240 g/mol. The summed E-state index contributed by atoms with van der Waals surface area (Å²) in [6.45, 7) is 14.0. The molecular weight excluding hydrogens is 208 g/mol. The topological polar surface area (TPSA) is 15.3 Å². The van der Waals surface area contributed by atoms with Crippen molar-refractivity contribution >= 4 is 0 Å². The van der Waals surface area contributed by atoms with E-state index in [9.17, 15) is 0 Å². The summed E-state index contributed by atoms with van der Waals surface area (Å²) in [5, 5.41) is 3.51. The lowest BCUT2D eigenvalue weighted by molar-refractivity contribution is 0.166. The smallest absolute Gasteiger partial charge is 0.00993 e. The zero-order chi connectivity index (χ0) is 12.8. The molecule has 1 saturated carbocycles. The molecule has 1 N–H and O–H groups in total. The number of nitrogens with one attached hydrogen (secondary N) is 1. The Morgan fingerprint density at radius 1 is 1.12 bits per heavy atom. The lowest BCUT2D eigenvalue weighted by atomic mass is 10.1. The highest BCUT2D eigenvalue weighted by molar-refractivity contribution is 4.87. The van der Waals surface area contributed by atoms with Gasteiger partial charge in [-0.1, -0.05) is 27.7 Å². The van der Waals surface area contributed by atoms with Crippen molar-refractivity contribution in [3.63, 3.8) is 0 Å². The molecule has 0 radical (unpaired) electrons. The first-order valence-corrected chi connectivity index (χ1v) is 7.49. The fourth-order valence-corrected chi connectivity index (χ4v) is 2.47. The molecule has 0 aliphatic heterocycles. The highest BCUT2D eigenvalue weighted by Crippen LogP contribution is 2.30. The molecule has 2 nitrogen and oxygen atoms in total. The van der Waals surface area contributed by atoms with E-state index in [4.69, 9.17) is 0 Å². The predicted octanol–water partition coefficient (Wildman–Crippen LogP) is 3.27. The maximum absolute atomic E-state index is 3.51. The van der Waals surface area contributed by atoms with Crippen LogP contribution in [-0.4, -0.2) is 36.1 Å². The summed E-state index contributed by atoms with van der Waals surface area (Å²) in [4.78, 5) is 2.75. The Hall–Kier alpha value is -0.0800. The van der Waals surface area contributed by atoms with Gasteiger partial charge >= 0.3 is 0 Å². The van der Waals surface area contributed by atoms with Gasteiger partial charge in [0, 0.05) is 24.7 Å². The Labute approximate surface area is 108 Å². The van der Waals surface area contributed by atoms with Crippen molar-refractivity contribution < 1.29 is 0 Å². The molecule has 0 heterocycles. The molecule has 0 aromatic carbocycles. The summed E-state index contributed by atoms with van der Waals surface area (Å²) < 4.78 is 0. The Kier molecular flexibility index (Phi) is 6.50. The van der Waals surface area contributed by atoms with E-state index in [1.807, 2.05) is 0 Å².